The van der Waals surface area contributed by atoms with Gasteiger partial charge in [-0.2, -0.15) is 13.2 Å². The van der Waals surface area contributed by atoms with Crippen LogP contribution in [0.2, 0.25) is 0 Å². The molecule has 0 N–H and O–H groups in total. The number of aromatic nitrogens is 2. The van der Waals surface area contributed by atoms with Crippen LogP contribution in [0.25, 0.3) is 0 Å². The van der Waals surface area contributed by atoms with Gasteiger partial charge in [0.25, 0.3) is 0 Å². The Hall–Kier alpha value is -1.60. The normalized spacial score (nSPS) is 11.7. The van der Waals surface area contributed by atoms with Gasteiger partial charge in [0.15, 0.2) is 0 Å². The third kappa shape index (κ3) is 1.60. The zero-order valence-corrected chi connectivity index (χ0v) is 6.37. The summed E-state index contributed by atoms with van der Waals surface area (Å²) in [6.07, 6.45) is -4.01. The maximum atomic E-state index is 12.1. The van der Waals surface area contributed by atoms with Crippen LogP contribution in [-0.4, -0.2) is 14.5 Å². The molecule has 0 fully saturated rings. The maximum Gasteiger partial charge on any atom is 0.440 e. The number of nitrogens with zero attached hydrogens (tertiary/aromatic N) is 3. The van der Waals surface area contributed by atoms with E-state index in [-0.39, 0.29) is 0 Å². The van der Waals surface area contributed by atoms with Gasteiger partial charge in [-0.25, -0.2) is 0 Å². The van der Waals surface area contributed by atoms with Crippen molar-refractivity contribution in [3.63, 3.8) is 0 Å². The topological polar surface area (TPSA) is 61.0 Å². The van der Waals surface area contributed by atoms with Gasteiger partial charge in [0.05, 0.1) is 0 Å². The van der Waals surface area contributed by atoms with Crippen molar-refractivity contribution in [3.8, 4) is 0 Å². The van der Waals surface area contributed by atoms with Gasteiger partial charge in [0, 0.05) is 7.05 Å². The Morgan fingerprint density at radius 3 is 2.46 bits per heavy atom. The van der Waals surface area contributed by atoms with E-state index in [0.29, 0.717) is 4.57 Å². The molecular formula is C5H4F3N3O2. The standard InChI is InChI=1S/C5H4F3N3O2/c1-10-2-9-4(11(12)13)3(10)5(6,7)8/h2H,1H3. The molecule has 0 spiro atoms. The van der Waals surface area contributed by atoms with Gasteiger partial charge >= 0.3 is 12.0 Å². The molecule has 72 valence electrons. The van der Waals surface area contributed by atoms with Crippen LogP contribution in [0.5, 0.6) is 0 Å². The predicted octanol–water partition coefficient (Wildman–Crippen LogP) is 1.35. The number of alkyl halides is 3. The smallest absolute Gasteiger partial charge is 0.358 e. The number of imidazole rings is 1. The number of halogens is 3. The Morgan fingerprint density at radius 1 is 1.62 bits per heavy atom. The molecule has 0 atom stereocenters. The summed E-state index contributed by atoms with van der Waals surface area (Å²) in [5.41, 5.74) is -1.35. The first-order chi connectivity index (χ1) is 5.84. The third-order valence-electron chi connectivity index (χ3n) is 1.36. The number of nitro groups is 1. The van der Waals surface area contributed by atoms with Crippen LogP contribution in [0.1, 0.15) is 5.69 Å². The van der Waals surface area contributed by atoms with E-state index in [2.05, 4.69) is 4.98 Å². The van der Waals surface area contributed by atoms with Crippen LogP contribution in [0.4, 0.5) is 19.0 Å². The Morgan fingerprint density at radius 2 is 2.15 bits per heavy atom. The van der Waals surface area contributed by atoms with Crippen molar-refractivity contribution >= 4 is 5.82 Å². The second-order valence-corrected chi connectivity index (χ2v) is 2.28. The molecule has 0 saturated heterocycles. The molecular weight excluding hydrogens is 191 g/mol. The summed E-state index contributed by atoms with van der Waals surface area (Å²) < 4.78 is 37.0. The Bertz CT molecular complexity index is 343. The zero-order valence-electron chi connectivity index (χ0n) is 6.37. The summed E-state index contributed by atoms with van der Waals surface area (Å²) in [4.78, 5) is 12.0. The lowest BCUT2D eigenvalue weighted by atomic mass is 10.4. The van der Waals surface area contributed by atoms with Crippen LogP contribution >= 0.6 is 0 Å². The van der Waals surface area contributed by atoms with Crippen molar-refractivity contribution in [1.29, 1.82) is 0 Å². The Balaban J connectivity index is 3.33. The Labute approximate surface area is 69.9 Å². The average Bonchev–Trinajstić information content (AvgIpc) is 2.28. The minimum absolute atomic E-state index is 0.568. The second-order valence-electron chi connectivity index (χ2n) is 2.28. The van der Waals surface area contributed by atoms with Crippen molar-refractivity contribution in [3.05, 3.63) is 22.1 Å². The molecule has 0 unspecified atom stereocenters. The minimum Gasteiger partial charge on any atom is -0.358 e. The summed E-state index contributed by atoms with van der Waals surface area (Å²) in [5.74, 6) is -1.17. The van der Waals surface area contributed by atoms with E-state index in [0.717, 1.165) is 13.4 Å². The highest BCUT2D eigenvalue weighted by Gasteiger charge is 2.42. The fourth-order valence-electron chi connectivity index (χ4n) is 0.878. The molecule has 0 amide bonds. The molecule has 1 aromatic heterocycles. The summed E-state index contributed by atoms with van der Waals surface area (Å²) in [6, 6.07) is 0. The van der Waals surface area contributed by atoms with E-state index >= 15 is 0 Å². The van der Waals surface area contributed by atoms with Crippen molar-refractivity contribution in [1.82, 2.24) is 9.55 Å². The summed E-state index contributed by atoms with van der Waals surface area (Å²) in [7, 11) is 1.04. The van der Waals surface area contributed by atoms with Crippen molar-refractivity contribution in [2.24, 2.45) is 7.05 Å². The lowest BCUT2D eigenvalue weighted by Gasteiger charge is -2.04. The number of aryl methyl sites for hydroxylation is 1. The summed E-state index contributed by atoms with van der Waals surface area (Å²) in [5, 5.41) is 10.1. The number of hydrogen-bond acceptors (Lipinski definition) is 3. The highest BCUT2D eigenvalue weighted by molar-refractivity contribution is 5.29. The van der Waals surface area contributed by atoms with Crippen LogP contribution < -0.4 is 0 Å². The molecule has 0 radical (unpaired) electrons. The van der Waals surface area contributed by atoms with Crippen molar-refractivity contribution in [2.45, 2.75) is 6.18 Å². The quantitative estimate of drug-likeness (QED) is 0.501. The van der Waals surface area contributed by atoms with Crippen molar-refractivity contribution in [2.75, 3.05) is 0 Å². The lowest BCUT2D eigenvalue weighted by Crippen LogP contribution is -2.12. The van der Waals surface area contributed by atoms with Crippen LogP contribution in [-0.2, 0) is 13.2 Å². The van der Waals surface area contributed by atoms with Gasteiger partial charge in [0.1, 0.15) is 0 Å². The molecule has 1 heterocycles. The highest BCUT2D eigenvalue weighted by Crippen LogP contribution is 2.34. The summed E-state index contributed by atoms with van der Waals surface area (Å²) >= 11 is 0. The van der Waals surface area contributed by atoms with Gasteiger partial charge in [-0.1, -0.05) is 0 Å². The highest BCUT2D eigenvalue weighted by atomic mass is 19.4. The number of rotatable bonds is 1. The third-order valence-corrected chi connectivity index (χ3v) is 1.36. The lowest BCUT2D eigenvalue weighted by molar-refractivity contribution is -0.392. The first-order valence-electron chi connectivity index (χ1n) is 3.07. The fraction of sp³-hybridized carbons (Fsp3) is 0.400. The molecule has 1 rings (SSSR count). The first-order valence-corrected chi connectivity index (χ1v) is 3.07. The van der Waals surface area contributed by atoms with Crippen LogP contribution in [0.15, 0.2) is 6.33 Å². The van der Waals surface area contributed by atoms with Gasteiger partial charge < -0.3 is 14.7 Å². The van der Waals surface area contributed by atoms with E-state index in [4.69, 9.17) is 0 Å². The molecule has 1 aromatic rings. The van der Waals surface area contributed by atoms with Gasteiger partial charge in [-0.15, -0.1) is 0 Å². The molecule has 0 aromatic carbocycles. The second kappa shape index (κ2) is 2.71. The van der Waals surface area contributed by atoms with Gasteiger partial charge in [0.2, 0.25) is 12.0 Å². The fourth-order valence-corrected chi connectivity index (χ4v) is 0.878. The molecule has 0 bridgehead atoms. The molecule has 0 saturated carbocycles. The van der Waals surface area contributed by atoms with E-state index in [1.807, 2.05) is 0 Å². The van der Waals surface area contributed by atoms with E-state index in [1.54, 1.807) is 0 Å². The van der Waals surface area contributed by atoms with E-state index in [9.17, 15) is 23.3 Å². The molecule has 0 aliphatic rings. The SMILES string of the molecule is Cn1cnc([N+](=O)[O-])c1C(F)(F)F. The van der Waals surface area contributed by atoms with Crippen molar-refractivity contribution < 1.29 is 18.1 Å². The molecule has 8 heteroatoms. The van der Waals surface area contributed by atoms with Gasteiger partial charge in [-0.3, -0.25) is 0 Å². The van der Waals surface area contributed by atoms with Gasteiger partial charge in [-0.05, 0) is 9.91 Å². The molecule has 0 aliphatic carbocycles. The average molecular weight is 195 g/mol. The van der Waals surface area contributed by atoms with Crippen LogP contribution in [0.3, 0.4) is 0 Å². The van der Waals surface area contributed by atoms with Crippen LogP contribution in [0, 0.1) is 10.1 Å². The first kappa shape index (κ1) is 9.49. The molecule has 5 nitrogen and oxygen atoms in total. The monoisotopic (exact) mass is 195 g/mol. The van der Waals surface area contributed by atoms with E-state index < -0.39 is 22.6 Å². The Kier molecular flexibility index (Phi) is 1.98. The largest absolute Gasteiger partial charge is 0.440 e. The molecule has 13 heavy (non-hydrogen) atoms. The van der Waals surface area contributed by atoms with E-state index in [1.165, 1.54) is 0 Å². The summed E-state index contributed by atoms with van der Waals surface area (Å²) in [6.45, 7) is 0. The zero-order chi connectivity index (χ0) is 10.2. The molecule has 0 aliphatic heterocycles. The number of hydrogen-bond donors (Lipinski definition) is 0. The maximum absolute atomic E-state index is 12.1. The predicted molar refractivity (Wildman–Crippen MR) is 34.9 cm³/mol. The minimum atomic E-state index is -4.76.